The molecule has 4 nitrogen and oxygen atoms in total. The minimum absolute atomic E-state index is 0.274. The highest BCUT2D eigenvalue weighted by Gasteiger charge is 2.46. The summed E-state index contributed by atoms with van der Waals surface area (Å²) in [5, 5.41) is 3.72. The molecule has 1 aromatic heterocycles. The van der Waals surface area contributed by atoms with Gasteiger partial charge in [-0.05, 0) is 38.0 Å². The van der Waals surface area contributed by atoms with Gasteiger partial charge in [0.15, 0.2) is 0 Å². The molecule has 2 aliphatic rings. The zero-order valence-corrected chi connectivity index (χ0v) is 12.9. The Hall–Kier alpha value is -1.32. The topological polar surface area (TPSA) is 47.0 Å². The van der Waals surface area contributed by atoms with Crippen molar-refractivity contribution in [1.29, 1.82) is 0 Å². The molecule has 3 rings (SSSR count). The third-order valence-electron chi connectivity index (χ3n) is 4.94. The van der Waals surface area contributed by atoms with Gasteiger partial charge in [-0.2, -0.15) is 4.98 Å². The van der Waals surface area contributed by atoms with E-state index in [9.17, 15) is 0 Å². The summed E-state index contributed by atoms with van der Waals surface area (Å²) in [6.45, 7) is 8.62. The van der Waals surface area contributed by atoms with Crippen LogP contribution < -0.4 is 10.1 Å². The number of nitrogens with zero attached hydrogens (tertiary/aromatic N) is 2. The van der Waals surface area contributed by atoms with E-state index in [0.717, 1.165) is 29.5 Å². The van der Waals surface area contributed by atoms with Gasteiger partial charge < -0.3 is 10.1 Å². The monoisotopic (exact) mass is 275 g/mol. The van der Waals surface area contributed by atoms with Crippen LogP contribution >= 0.6 is 0 Å². The molecule has 110 valence electrons. The van der Waals surface area contributed by atoms with Gasteiger partial charge >= 0.3 is 0 Å². The molecule has 0 unspecified atom stereocenters. The summed E-state index contributed by atoms with van der Waals surface area (Å²) in [6, 6.07) is 0.425. The van der Waals surface area contributed by atoms with Crippen molar-refractivity contribution >= 4 is 5.69 Å². The van der Waals surface area contributed by atoms with Gasteiger partial charge in [0.05, 0.1) is 11.7 Å². The highest BCUT2D eigenvalue weighted by molar-refractivity contribution is 5.59. The standard InChI is InChI=1S/C16H25N3O/c1-5-10-8-11(6-2)15-13(10)19-14-12(7-3)17-9(4)18-16(14)20-15/h10-11,13,15,19H,5-8H2,1-4H3/t10-,11-,13-,15+/m0/s1. The van der Waals surface area contributed by atoms with Crippen molar-refractivity contribution in [1.82, 2.24) is 9.97 Å². The number of anilines is 1. The van der Waals surface area contributed by atoms with Crippen LogP contribution in [0.3, 0.4) is 0 Å². The first-order valence-corrected chi connectivity index (χ1v) is 7.98. The maximum Gasteiger partial charge on any atom is 0.241 e. The van der Waals surface area contributed by atoms with E-state index in [1.165, 1.54) is 19.3 Å². The lowest BCUT2D eigenvalue weighted by Gasteiger charge is -2.35. The molecule has 4 atom stereocenters. The maximum absolute atomic E-state index is 6.30. The number of fused-ring (bicyclic) bond motifs is 2. The number of ether oxygens (including phenoxy) is 1. The van der Waals surface area contributed by atoms with Crippen molar-refractivity contribution in [2.75, 3.05) is 5.32 Å². The fraction of sp³-hybridized carbons (Fsp3) is 0.750. The van der Waals surface area contributed by atoms with E-state index in [1.807, 2.05) is 6.92 Å². The Bertz CT molecular complexity index is 503. The van der Waals surface area contributed by atoms with E-state index in [4.69, 9.17) is 4.74 Å². The molecular formula is C16H25N3O. The Morgan fingerprint density at radius 1 is 1.15 bits per heavy atom. The third kappa shape index (κ3) is 2.05. The van der Waals surface area contributed by atoms with Crippen molar-refractivity contribution in [2.45, 2.75) is 65.5 Å². The van der Waals surface area contributed by atoms with Gasteiger partial charge in [-0.1, -0.05) is 27.2 Å². The van der Waals surface area contributed by atoms with Crippen LogP contribution in [0.5, 0.6) is 5.88 Å². The first-order valence-electron chi connectivity index (χ1n) is 7.98. The summed E-state index contributed by atoms with van der Waals surface area (Å²) >= 11 is 0. The number of nitrogens with one attached hydrogen (secondary N) is 1. The first kappa shape index (κ1) is 13.7. The zero-order valence-electron chi connectivity index (χ0n) is 12.9. The lowest BCUT2D eigenvalue weighted by Crippen LogP contribution is -2.43. The Balaban J connectivity index is 1.98. The molecule has 0 amide bonds. The van der Waals surface area contributed by atoms with E-state index in [1.54, 1.807) is 0 Å². The fourth-order valence-electron chi connectivity index (χ4n) is 3.80. The maximum atomic E-state index is 6.30. The lowest BCUT2D eigenvalue weighted by atomic mass is 9.98. The van der Waals surface area contributed by atoms with Crippen LogP contribution in [0, 0.1) is 18.8 Å². The number of aromatic nitrogens is 2. The molecule has 0 saturated heterocycles. The van der Waals surface area contributed by atoms with Crippen LogP contribution in [-0.2, 0) is 6.42 Å². The third-order valence-corrected chi connectivity index (χ3v) is 4.94. The molecular weight excluding hydrogens is 250 g/mol. The second-order valence-electron chi connectivity index (χ2n) is 6.08. The van der Waals surface area contributed by atoms with E-state index in [2.05, 4.69) is 36.1 Å². The second kappa shape index (κ2) is 5.23. The lowest BCUT2D eigenvalue weighted by molar-refractivity contribution is 0.128. The normalized spacial score (nSPS) is 31.2. The minimum Gasteiger partial charge on any atom is -0.470 e. The predicted molar refractivity (Wildman–Crippen MR) is 80.2 cm³/mol. The number of hydrogen-bond acceptors (Lipinski definition) is 4. The highest BCUT2D eigenvalue weighted by atomic mass is 16.5. The van der Waals surface area contributed by atoms with E-state index in [0.29, 0.717) is 17.9 Å². The summed E-state index contributed by atoms with van der Waals surface area (Å²) in [5.74, 6) is 2.92. The van der Waals surface area contributed by atoms with Gasteiger partial charge in [0.2, 0.25) is 5.88 Å². The van der Waals surface area contributed by atoms with Crippen molar-refractivity contribution < 1.29 is 4.74 Å². The molecule has 1 aromatic rings. The van der Waals surface area contributed by atoms with E-state index >= 15 is 0 Å². The molecule has 20 heavy (non-hydrogen) atoms. The molecule has 0 bridgehead atoms. The molecule has 0 spiro atoms. The largest absolute Gasteiger partial charge is 0.470 e. The summed E-state index contributed by atoms with van der Waals surface area (Å²) in [6.07, 6.45) is 4.83. The zero-order chi connectivity index (χ0) is 14.3. The summed E-state index contributed by atoms with van der Waals surface area (Å²) in [4.78, 5) is 9.06. The quantitative estimate of drug-likeness (QED) is 0.919. The Morgan fingerprint density at radius 3 is 2.55 bits per heavy atom. The van der Waals surface area contributed by atoms with Crippen molar-refractivity contribution in [3.8, 4) is 5.88 Å². The van der Waals surface area contributed by atoms with E-state index < -0.39 is 0 Å². The Labute approximate surface area is 121 Å². The molecule has 2 heterocycles. The average molecular weight is 275 g/mol. The summed E-state index contributed by atoms with van der Waals surface area (Å²) in [7, 11) is 0. The van der Waals surface area contributed by atoms with Crippen molar-refractivity contribution in [3.63, 3.8) is 0 Å². The molecule has 1 saturated carbocycles. The highest BCUT2D eigenvalue weighted by Crippen LogP contribution is 2.44. The van der Waals surface area contributed by atoms with E-state index in [-0.39, 0.29) is 6.10 Å². The summed E-state index contributed by atoms with van der Waals surface area (Å²) in [5.41, 5.74) is 2.12. The van der Waals surface area contributed by atoms with Gasteiger partial charge in [0, 0.05) is 0 Å². The molecule has 1 N–H and O–H groups in total. The molecule has 0 aromatic carbocycles. The van der Waals surface area contributed by atoms with Crippen LogP contribution in [0.2, 0.25) is 0 Å². The van der Waals surface area contributed by atoms with Crippen LogP contribution in [0.15, 0.2) is 0 Å². The van der Waals surface area contributed by atoms with Gasteiger partial charge in [-0.3, -0.25) is 0 Å². The fourth-order valence-corrected chi connectivity index (χ4v) is 3.80. The van der Waals surface area contributed by atoms with Gasteiger partial charge in [-0.15, -0.1) is 0 Å². The Morgan fingerprint density at radius 2 is 1.90 bits per heavy atom. The summed E-state index contributed by atoms with van der Waals surface area (Å²) < 4.78 is 6.30. The first-order chi connectivity index (χ1) is 9.67. The number of hydrogen-bond donors (Lipinski definition) is 1. The SMILES string of the molecule is CCc1nc(C)nc2c1N[C@H]1[C@@H](CC)C[C@H](CC)[C@H]1O2. The van der Waals surface area contributed by atoms with Gasteiger partial charge in [0.25, 0.3) is 0 Å². The van der Waals surface area contributed by atoms with Crippen molar-refractivity contribution in [2.24, 2.45) is 11.8 Å². The number of rotatable bonds is 3. The van der Waals surface area contributed by atoms with Crippen LogP contribution in [-0.4, -0.2) is 22.1 Å². The molecule has 0 radical (unpaired) electrons. The molecule has 1 aliphatic heterocycles. The molecule has 4 heteroatoms. The van der Waals surface area contributed by atoms with Gasteiger partial charge in [-0.25, -0.2) is 4.98 Å². The van der Waals surface area contributed by atoms with Gasteiger partial charge in [0.1, 0.15) is 17.6 Å². The molecule has 1 aliphatic carbocycles. The smallest absolute Gasteiger partial charge is 0.241 e. The van der Waals surface area contributed by atoms with Crippen LogP contribution in [0.4, 0.5) is 5.69 Å². The van der Waals surface area contributed by atoms with Crippen LogP contribution in [0.25, 0.3) is 0 Å². The van der Waals surface area contributed by atoms with Crippen LogP contribution in [0.1, 0.15) is 51.6 Å². The minimum atomic E-state index is 0.274. The predicted octanol–water partition coefficient (Wildman–Crippen LogP) is 3.35. The Kier molecular flexibility index (Phi) is 3.57. The second-order valence-corrected chi connectivity index (χ2v) is 6.08. The molecule has 1 fully saturated rings. The average Bonchev–Trinajstić information content (AvgIpc) is 2.81. The number of aryl methyl sites for hydroxylation is 2. The van der Waals surface area contributed by atoms with Crippen molar-refractivity contribution in [3.05, 3.63) is 11.5 Å².